The Morgan fingerprint density at radius 1 is 1.20 bits per heavy atom. The van der Waals surface area contributed by atoms with Crippen LogP contribution in [0, 0.1) is 5.82 Å². The number of carbonyl (C=O) groups is 1. The van der Waals surface area contributed by atoms with Crippen LogP contribution in [-0.4, -0.2) is 41.4 Å². The number of benzene rings is 1. The highest BCUT2D eigenvalue weighted by Crippen LogP contribution is 2.29. The number of rotatable bonds is 2. The van der Waals surface area contributed by atoms with Crippen LogP contribution in [0.25, 0.3) is 0 Å². The molecule has 0 bridgehead atoms. The molecule has 4 rings (SSSR count). The van der Waals surface area contributed by atoms with Crippen LogP contribution in [0.4, 0.5) is 4.39 Å². The van der Waals surface area contributed by atoms with Crippen molar-refractivity contribution in [1.29, 1.82) is 0 Å². The van der Waals surface area contributed by atoms with Gasteiger partial charge in [0.05, 0.1) is 10.6 Å². The predicted molar refractivity (Wildman–Crippen MR) is 98.8 cm³/mol. The van der Waals surface area contributed by atoms with E-state index in [9.17, 15) is 9.18 Å². The van der Waals surface area contributed by atoms with Crippen LogP contribution in [0.1, 0.15) is 33.6 Å². The third kappa shape index (κ3) is 3.46. The Kier molecular flexibility index (Phi) is 4.80. The number of fused-ring (bicyclic) bond motifs is 1. The van der Waals surface area contributed by atoms with Crippen LogP contribution < -0.4 is 0 Å². The summed E-state index contributed by atoms with van der Waals surface area (Å²) in [6.45, 7) is 3.59. The van der Waals surface area contributed by atoms with Gasteiger partial charge < -0.3 is 4.90 Å². The minimum absolute atomic E-state index is 0.0952. The molecule has 1 fully saturated rings. The van der Waals surface area contributed by atoms with Gasteiger partial charge in [0.1, 0.15) is 5.82 Å². The number of hydrogen-bond donors (Lipinski definition) is 0. The Balaban J connectivity index is 1.38. The van der Waals surface area contributed by atoms with Crippen LogP contribution >= 0.6 is 22.9 Å². The van der Waals surface area contributed by atoms with Crippen molar-refractivity contribution in [2.24, 2.45) is 0 Å². The second-order valence-electron chi connectivity index (χ2n) is 6.74. The molecule has 132 valence electrons. The lowest BCUT2D eigenvalue weighted by molar-refractivity contribution is 0.0600. The summed E-state index contributed by atoms with van der Waals surface area (Å²) >= 11 is 7.90. The maximum atomic E-state index is 13.2. The average molecular weight is 379 g/mol. The van der Waals surface area contributed by atoms with E-state index in [1.54, 1.807) is 0 Å². The monoisotopic (exact) mass is 378 g/mol. The molecule has 0 atom stereocenters. The molecule has 1 saturated heterocycles. The molecule has 2 aliphatic heterocycles. The van der Waals surface area contributed by atoms with Gasteiger partial charge >= 0.3 is 0 Å². The van der Waals surface area contributed by atoms with Crippen LogP contribution in [0.3, 0.4) is 0 Å². The summed E-state index contributed by atoms with van der Waals surface area (Å²) in [6.07, 6.45) is 3.09. The third-order valence-corrected chi connectivity index (χ3v) is 6.60. The molecule has 0 aliphatic carbocycles. The number of halogens is 2. The van der Waals surface area contributed by atoms with Gasteiger partial charge in [-0.2, -0.15) is 0 Å². The van der Waals surface area contributed by atoms with E-state index in [0.29, 0.717) is 11.6 Å². The Morgan fingerprint density at radius 3 is 2.76 bits per heavy atom. The number of thiophene rings is 1. The van der Waals surface area contributed by atoms with Gasteiger partial charge in [-0.05, 0) is 54.5 Å². The average Bonchev–Trinajstić information content (AvgIpc) is 3.09. The lowest BCUT2D eigenvalue weighted by Crippen LogP contribution is -2.48. The molecule has 1 aromatic heterocycles. The molecule has 0 N–H and O–H groups in total. The van der Waals surface area contributed by atoms with Crippen molar-refractivity contribution in [2.75, 3.05) is 19.6 Å². The maximum Gasteiger partial charge on any atom is 0.255 e. The molecule has 25 heavy (non-hydrogen) atoms. The smallest absolute Gasteiger partial charge is 0.255 e. The molecule has 0 unspecified atom stereocenters. The zero-order chi connectivity index (χ0) is 17.4. The van der Waals surface area contributed by atoms with E-state index in [-0.39, 0.29) is 10.9 Å². The molecular weight excluding hydrogens is 359 g/mol. The Bertz CT molecular complexity index is 785. The number of carbonyl (C=O) groups excluding carboxylic acids is 1. The van der Waals surface area contributed by atoms with Crippen molar-refractivity contribution in [3.05, 3.63) is 56.5 Å². The Hall–Kier alpha value is -1.43. The molecule has 0 spiro atoms. The van der Waals surface area contributed by atoms with E-state index in [1.807, 2.05) is 16.2 Å². The number of amides is 1. The zero-order valence-corrected chi connectivity index (χ0v) is 15.5. The van der Waals surface area contributed by atoms with Gasteiger partial charge in [-0.1, -0.05) is 11.6 Å². The van der Waals surface area contributed by atoms with Gasteiger partial charge in [-0.15, -0.1) is 11.3 Å². The van der Waals surface area contributed by atoms with Crippen molar-refractivity contribution in [3.8, 4) is 0 Å². The molecule has 3 nitrogen and oxygen atoms in total. The summed E-state index contributed by atoms with van der Waals surface area (Å²) in [5.74, 6) is -0.514. The van der Waals surface area contributed by atoms with Gasteiger partial charge in [-0.25, -0.2) is 4.39 Å². The number of likely N-dealkylation sites (tertiary alicyclic amines) is 1. The fourth-order valence-corrected chi connectivity index (χ4v) is 4.99. The van der Waals surface area contributed by atoms with E-state index >= 15 is 0 Å². The topological polar surface area (TPSA) is 23.6 Å². The molecule has 3 heterocycles. The largest absolute Gasteiger partial charge is 0.338 e. The Morgan fingerprint density at radius 2 is 2.00 bits per heavy atom. The highest BCUT2D eigenvalue weighted by Gasteiger charge is 2.30. The third-order valence-electron chi connectivity index (χ3n) is 5.27. The van der Waals surface area contributed by atoms with E-state index in [2.05, 4.69) is 16.3 Å². The summed E-state index contributed by atoms with van der Waals surface area (Å²) in [6, 6.07) is 6.74. The minimum atomic E-state index is -0.418. The van der Waals surface area contributed by atoms with Crippen molar-refractivity contribution < 1.29 is 9.18 Å². The molecule has 0 radical (unpaired) electrons. The number of piperidine rings is 1. The lowest BCUT2D eigenvalue weighted by Gasteiger charge is -2.40. The van der Waals surface area contributed by atoms with Crippen molar-refractivity contribution in [3.63, 3.8) is 0 Å². The lowest BCUT2D eigenvalue weighted by atomic mass is 9.99. The maximum absolute atomic E-state index is 13.2. The van der Waals surface area contributed by atoms with Gasteiger partial charge in [-0.3, -0.25) is 9.69 Å². The summed E-state index contributed by atoms with van der Waals surface area (Å²) in [4.78, 5) is 18.6. The minimum Gasteiger partial charge on any atom is -0.338 e. The van der Waals surface area contributed by atoms with Crippen LogP contribution in [0.5, 0.6) is 0 Å². The highest BCUT2D eigenvalue weighted by atomic mass is 35.5. The molecule has 6 heteroatoms. The van der Waals surface area contributed by atoms with E-state index in [0.717, 1.165) is 45.4 Å². The molecule has 1 amide bonds. The van der Waals surface area contributed by atoms with E-state index < -0.39 is 5.82 Å². The van der Waals surface area contributed by atoms with Gasteiger partial charge in [0.15, 0.2) is 0 Å². The highest BCUT2D eigenvalue weighted by molar-refractivity contribution is 7.10. The molecule has 0 saturated carbocycles. The summed E-state index contributed by atoms with van der Waals surface area (Å²) in [5.41, 5.74) is 1.86. The van der Waals surface area contributed by atoms with Gasteiger partial charge in [0, 0.05) is 37.1 Å². The standard InChI is InChI=1S/C19H20ClFN2OS/c20-17-11-14(21)1-2-16(17)19(24)22-7-3-15(4-8-22)23-9-5-18-13(12-23)6-10-25-18/h1-2,6,10-11,15H,3-5,7-9,12H2. The normalized spacial score (nSPS) is 19.0. The van der Waals surface area contributed by atoms with Crippen molar-refractivity contribution >= 4 is 28.8 Å². The molecule has 2 aliphatic rings. The first kappa shape index (κ1) is 17.0. The van der Waals surface area contributed by atoms with Crippen LogP contribution in [0.2, 0.25) is 5.02 Å². The van der Waals surface area contributed by atoms with Crippen LogP contribution in [-0.2, 0) is 13.0 Å². The fraction of sp³-hybridized carbons (Fsp3) is 0.421. The summed E-state index contributed by atoms with van der Waals surface area (Å²) in [7, 11) is 0. The fourth-order valence-electron chi connectivity index (χ4n) is 3.85. The van der Waals surface area contributed by atoms with Crippen molar-refractivity contribution in [2.45, 2.75) is 31.8 Å². The second-order valence-corrected chi connectivity index (χ2v) is 8.14. The summed E-state index contributed by atoms with van der Waals surface area (Å²) < 4.78 is 13.2. The number of hydrogen-bond acceptors (Lipinski definition) is 3. The summed E-state index contributed by atoms with van der Waals surface area (Å²) in [5, 5.41) is 2.37. The second kappa shape index (κ2) is 7.06. The number of nitrogens with zero attached hydrogens (tertiary/aromatic N) is 2. The van der Waals surface area contributed by atoms with E-state index in [1.165, 1.54) is 28.6 Å². The van der Waals surface area contributed by atoms with Gasteiger partial charge in [0.2, 0.25) is 0 Å². The van der Waals surface area contributed by atoms with Crippen molar-refractivity contribution in [1.82, 2.24) is 9.80 Å². The first-order chi connectivity index (χ1) is 12.1. The van der Waals surface area contributed by atoms with Gasteiger partial charge in [0.25, 0.3) is 5.91 Å². The molecule has 1 aromatic carbocycles. The first-order valence-corrected chi connectivity index (χ1v) is 9.91. The zero-order valence-electron chi connectivity index (χ0n) is 13.9. The predicted octanol–water partition coefficient (Wildman–Crippen LogP) is 4.20. The van der Waals surface area contributed by atoms with E-state index in [4.69, 9.17) is 11.6 Å². The quantitative estimate of drug-likeness (QED) is 0.781. The first-order valence-electron chi connectivity index (χ1n) is 8.65. The molecule has 2 aromatic rings. The molecular formula is C19H20ClFN2OS. The SMILES string of the molecule is O=C(c1ccc(F)cc1Cl)N1CCC(N2CCc3sccc3C2)CC1. The Labute approximate surface area is 156 Å². The van der Waals surface area contributed by atoms with Crippen LogP contribution in [0.15, 0.2) is 29.6 Å².